The number of aromatic nitrogens is 2. The van der Waals surface area contributed by atoms with Crippen LogP contribution in [0.25, 0.3) is 0 Å². The largest absolute Gasteiger partial charge is 0.394 e. The Bertz CT molecular complexity index is 427. The van der Waals surface area contributed by atoms with Crippen molar-refractivity contribution in [3.8, 4) is 0 Å². The molecule has 1 aliphatic heterocycles. The van der Waals surface area contributed by atoms with Crippen LogP contribution in [0.15, 0.2) is 0 Å². The van der Waals surface area contributed by atoms with E-state index in [2.05, 4.69) is 23.8 Å². The van der Waals surface area contributed by atoms with Gasteiger partial charge in [0, 0.05) is 13.6 Å². The number of rotatable bonds is 3. The first kappa shape index (κ1) is 14.2. The molecule has 2 heterocycles. The van der Waals surface area contributed by atoms with Gasteiger partial charge < -0.3 is 15.7 Å². The van der Waals surface area contributed by atoms with E-state index in [-0.39, 0.29) is 12.6 Å². The van der Waals surface area contributed by atoms with Gasteiger partial charge in [0.2, 0.25) is 0 Å². The first-order valence-electron chi connectivity index (χ1n) is 7.26. The number of aryl methyl sites for hydroxylation is 1. The van der Waals surface area contributed by atoms with Gasteiger partial charge in [-0.25, -0.2) is 0 Å². The molecule has 1 saturated heterocycles. The molecule has 19 heavy (non-hydrogen) atoms. The van der Waals surface area contributed by atoms with Crippen LogP contribution in [0, 0.1) is 0 Å². The standard InChI is InChI=1S/C14H26N4O/c1-10(2)13-12(15)14(17(3)16-13)18-8-6-4-5-7-11(18)9-19/h10-11,19H,4-9,15H2,1-3H3. The summed E-state index contributed by atoms with van der Waals surface area (Å²) in [6.45, 7) is 5.34. The van der Waals surface area contributed by atoms with E-state index in [0.717, 1.165) is 36.6 Å². The Morgan fingerprint density at radius 3 is 2.68 bits per heavy atom. The van der Waals surface area contributed by atoms with Crippen molar-refractivity contribution >= 4 is 11.5 Å². The molecule has 1 aromatic rings. The number of nitrogen functional groups attached to an aromatic ring is 1. The quantitative estimate of drug-likeness (QED) is 0.876. The second kappa shape index (κ2) is 5.82. The van der Waals surface area contributed by atoms with Crippen molar-refractivity contribution in [3.05, 3.63) is 5.69 Å². The lowest BCUT2D eigenvalue weighted by Gasteiger charge is -2.30. The molecular formula is C14H26N4O. The third-order valence-electron chi connectivity index (χ3n) is 3.99. The van der Waals surface area contributed by atoms with Crippen molar-refractivity contribution in [2.45, 2.75) is 51.5 Å². The zero-order valence-corrected chi connectivity index (χ0v) is 12.3. The third kappa shape index (κ3) is 2.71. The highest BCUT2D eigenvalue weighted by atomic mass is 16.3. The van der Waals surface area contributed by atoms with E-state index < -0.39 is 0 Å². The highest BCUT2D eigenvalue weighted by Gasteiger charge is 2.27. The molecule has 0 saturated carbocycles. The Morgan fingerprint density at radius 2 is 2.11 bits per heavy atom. The lowest BCUT2D eigenvalue weighted by Crippen LogP contribution is -2.39. The zero-order valence-electron chi connectivity index (χ0n) is 12.3. The molecule has 3 N–H and O–H groups in total. The second-order valence-corrected chi connectivity index (χ2v) is 5.78. The third-order valence-corrected chi connectivity index (χ3v) is 3.99. The molecule has 0 spiro atoms. The summed E-state index contributed by atoms with van der Waals surface area (Å²) < 4.78 is 1.87. The molecular weight excluding hydrogens is 240 g/mol. The summed E-state index contributed by atoms with van der Waals surface area (Å²) in [6.07, 6.45) is 4.58. The predicted octanol–water partition coefficient (Wildman–Crippen LogP) is 1.87. The summed E-state index contributed by atoms with van der Waals surface area (Å²) in [5.74, 6) is 1.30. The van der Waals surface area contributed by atoms with Gasteiger partial charge in [0.05, 0.1) is 24.0 Å². The predicted molar refractivity (Wildman–Crippen MR) is 78.4 cm³/mol. The molecule has 1 aliphatic rings. The minimum Gasteiger partial charge on any atom is -0.394 e. The highest BCUT2D eigenvalue weighted by molar-refractivity contribution is 5.67. The van der Waals surface area contributed by atoms with E-state index in [1.54, 1.807) is 0 Å². The molecule has 5 heteroatoms. The number of nitrogens with zero attached hydrogens (tertiary/aromatic N) is 3. The van der Waals surface area contributed by atoms with Crippen LogP contribution in [-0.2, 0) is 7.05 Å². The lowest BCUT2D eigenvalue weighted by molar-refractivity contribution is 0.254. The van der Waals surface area contributed by atoms with E-state index in [1.807, 2.05) is 11.7 Å². The van der Waals surface area contributed by atoms with Crippen molar-refractivity contribution in [1.82, 2.24) is 9.78 Å². The van der Waals surface area contributed by atoms with Crippen LogP contribution in [-0.4, -0.2) is 34.1 Å². The SMILES string of the molecule is CC(C)c1nn(C)c(N2CCCCCC2CO)c1N. The smallest absolute Gasteiger partial charge is 0.150 e. The maximum absolute atomic E-state index is 9.63. The van der Waals surface area contributed by atoms with Gasteiger partial charge in [-0.1, -0.05) is 26.7 Å². The summed E-state index contributed by atoms with van der Waals surface area (Å²) in [5, 5.41) is 14.2. The van der Waals surface area contributed by atoms with E-state index >= 15 is 0 Å². The fraction of sp³-hybridized carbons (Fsp3) is 0.786. The number of aliphatic hydroxyl groups is 1. The number of nitrogens with two attached hydrogens (primary N) is 1. The van der Waals surface area contributed by atoms with Gasteiger partial charge in [-0.05, 0) is 18.8 Å². The molecule has 0 aromatic carbocycles. The highest BCUT2D eigenvalue weighted by Crippen LogP contribution is 2.33. The zero-order chi connectivity index (χ0) is 14.0. The molecule has 0 radical (unpaired) electrons. The van der Waals surface area contributed by atoms with Crippen LogP contribution in [0.2, 0.25) is 0 Å². The van der Waals surface area contributed by atoms with Crippen LogP contribution in [0.5, 0.6) is 0 Å². The summed E-state index contributed by atoms with van der Waals surface area (Å²) >= 11 is 0. The van der Waals surface area contributed by atoms with Crippen LogP contribution < -0.4 is 10.6 Å². The fourth-order valence-corrected chi connectivity index (χ4v) is 2.96. The van der Waals surface area contributed by atoms with Crippen molar-refractivity contribution in [2.24, 2.45) is 7.05 Å². The minimum absolute atomic E-state index is 0.167. The second-order valence-electron chi connectivity index (χ2n) is 5.78. The number of anilines is 2. The molecule has 0 aliphatic carbocycles. The van der Waals surface area contributed by atoms with Crippen molar-refractivity contribution < 1.29 is 5.11 Å². The molecule has 0 amide bonds. The van der Waals surface area contributed by atoms with Gasteiger partial charge in [-0.2, -0.15) is 5.10 Å². The van der Waals surface area contributed by atoms with Crippen molar-refractivity contribution in [1.29, 1.82) is 0 Å². The van der Waals surface area contributed by atoms with Gasteiger partial charge in [0.1, 0.15) is 0 Å². The van der Waals surface area contributed by atoms with E-state index in [1.165, 1.54) is 12.8 Å². The Kier molecular flexibility index (Phi) is 4.34. The maximum Gasteiger partial charge on any atom is 0.150 e. The topological polar surface area (TPSA) is 67.3 Å². The number of aliphatic hydroxyl groups excluding tert-OH is 1. The molecule has 1 fully saturated rings. The summed E-state index contributed by atoms with van der Waals surface area (Å²) in [5.41, 5.74) is 8.03. The monoisotopic (exact) mass is 266 g/mol. The Morgan fingerprint density at radius 1 is 1.37 bits per heavy atom. The Balaban J connectivity index is 2.38. The lowest BCUT2D eigenvalue weighted by atomic mass is 10.1. The van der Waals surface area contributed by atoms with Gasteiger partial charge in [-0.3, -0.25) is 4.68 Å². The summed E-state index contributed by atoms with van der Waals surface area (Å²) in [4.78, 5) is 2.25. The Labute approximate surface area is 115 Å². The van der Waals surface area contributed by atoms with Crippen LogP contribution in [0.3, 0.4) is 0 Å². The van der Waals surface area contributed by atoms with Gasteiger partial charge >= 0.3 is 0 Å². The average molecular weight is 266 g/mol. The van der Waals surface area contributed by atoms with Crippen LogP contribution in [0.1, 0.15) is 51.1 Å². The summed E-state index contributed by atoms with van der Waals surface area (Å²) in [6, 6.07) is 0.167. The van der Waals surface area contributed by atoms with E-state index in [0.29, 0.717) is 5.92 Å². The molecule has 2 rings (SSSR count). The normalized spacial score (nSPS) is 20.9. The van der Waals surface area contributed by atoms with Crippen LogP contribution >= 0.6 is 0 Å². The molecule has 0 bridgehead atoms. The first-order valence-corrected chi connectivity index (χ1v) is 7.26. The van der Waals surface area contributed by atoms with Gasteiger partial charge in [0.15, 0.2) is 5.82 Å². The molecule has 1 atom stereocenters. The van der Waals surface area contributed by atoms with Gasteiger partial charge in [-0.15, -0.1) is 0 Å². The van der Waals surface area contributed by atoms with E-state index in [4.69, 9.17) is 5.73 Å². The van der Waals surface area contributed by atoms with E-state index in [9.17, 15) is 5.11 Å². The first-order chi connectivity index (χ1) is 9.06. The average Bonchev–Trinajstić information content (AvgIpc) is 2.55. The molecule has 1 aromatic heterocycles. The molecule has 108 valence electrons. The number of hydrogen-bond acceptors (Lipinski definition) is 4. The van der Waals surface area contributed by atoms with Crippen molar-refractivity contribution in [3.63, 3.8) is 0 Å². The van der Waals surface area contributed by atoms with Gasteiger partial charge in [0.25, 0.3) is 0 Å². The maximum atomic E-state index is 9.63. The minimum atomic E-state index is 0.167. The summed E-state index contributed by atoms with van der Waals surface area (Å²) in [7, 11) is 1.94. The number of hydrogen-bond donors (Lipinski definition) is 2. The van der Waals surface area contributed by atoms with Crippen molar-refractivity contribution in [2.75, 3.05) is 23.8 Å². The molecule has 5 nitrogen and oxygen atoms in total. The fourth-order valence-electron chi connectivity index (χ4n) is 2.96. The Hall–Kier alpha value is -1.23. The molecule has 1 unspecified atom stereocenters. The van der Waals surface area contributed by atoms with Crippen LogP contribution in [0.4, 0.5) is 11.5 Å².